The lowest BCUT2D eigenvalue weighted by Gasteiger charge is -2.27. The molecule has 0 aromatic heterocycles. The third-order valence-corrected chi connectivity index (χ3v) is 4.38. The van der Waals surface area contributed by atoms with Gasteiger partial charge in [-0.15, -0.1) is 0 Å². The van der Waals surface area contributed by atoms with Crippen molar-refractivity contribution in [2.45, 2.75) is 25.8 Å². The maximum absolute atomic E-state index is 12.3. The number of urea groups is 1. The van der Waals surface area contributed by atoms with E-state index < -0.39 is 5.54 Å². The first-order valence-corrected chi connectivity index (χ1v) is 8.81. The Balaban J connectivity index is 1.88. The van der Waals surface area contributed by atoms with Crippen molar-refractivity contribution in [2.75, 3.05) is 27.9 Å². The van der Waals surface area contributed by atoms with Gasteiger partial charge in [0, 0.05) is 6.54 Å². The summed E-state index contributed by atoms with van der Waals surface area (Å²) >= 11 is 0. The molecule has 0 bridgehead atoms. The molecule has 0 saturated carbocycles. The Bertz CT molecular complexity index is 757. The number of amides is 2. The zero-order valence-corrected chi connectivity index (χ0v) is 16.6. The smallest absolute Gasteiger partial charge is 0.315 e. The van der Waals surface area contributed by atoms with Crippen LogP contribution in [-0.4, -0.2) is 33.9 Å². The van der Waals surface area contributed by atoms with Gasteiger partial charge < -0.3 is 24.8 Å². The molecule has 0 aliphatic rings. The predicted molar refractivity (Wildman–Crippen MR) is 106 cm³/mol. The molecule has 2 N–H and O–H groups in total. The van der Waals surface area contributed by atoms with Crippen LogP contribution in [0.5, 0.6) is 17.2 Å². The van der Waals surface area contributed by atoms with Gasteiger partial charge in [-0.1, -0.05) is 18.2 Å². The van der Waals surface area contributed by atoms with Gasteiger partial charge in [-0.3, -0.25) is 0 Å². The average molecular weight is 372 g/mol. The Morgan fingerprint density at radius 1 is 0.926 bits per heavy atom. The fraction of sp³-hybridized carbons (Fsp3) is 0.381. The summed E-state index contributed by atoms with van der Waals surface area (Å²) in [4.78, 5) is 12.3. The highest BCUT2D eigenvalue weighted by molar-refractivity contribution is 5.75. The van der Waals surface area contributed by atoms with Crippen LogP contribution in [0, 0.1) is 0 Å². The summed E-state index contributed by atoms with van der Waals surface area (Å²) < 4.78 is 15.7. The van der Waals surface area contributed by atoms with Gasteiger partial charge in [0.2, 0.25) is 0 Å². The third-order valence-electron chi connectivity index (χ3n) is 4.38. The van der Waals surface area contributed by atoms with E-state index in [2.05, 4.69) is 10.6 Å². The first-order valence-electron chi connectivity index (χ1n) is 8.81. The monoisotopic (exact) mass is 372 g/mol. The van der Waals surface area contributed by atoms with E-state index in [4.69, 9.17) is 14.2 Å². The summed E-state index contributed by atoms with van der Waals surface area (Å²) in [6.07, 6.45) is 0.691. The summed E-state index contributed by atoms with van der Waals surface area (Å²) in [5.74, 6) is 2.15. The molecule has 0 aliphatic heterocycles. The van der Waals surface area contributed by atoms with Crippen LogP contribution >= 0.6 is 0 Å². The number of hydrogen-bond acceptors (Lipinski definition) is 4. The van der Waals surface area contributed by atoms with Gasteiger partial charge in [0.15, 0.2) is 11.5 Å². The standard InChI is InChI=1S/C21H28N2O4/c1-21(2,16-7-9-17(25-3)10-8-16)23-20(24)22-13-12-15-6-11-18(26-4)19(14-15)27-5/h6-11,14H,12-13H2,1-5H3,(H2,22,23,24). The minimum absolute atomic E-state index is 0.212. The van der Waals surface area contributed by atoms with E-state index >= 15 is 0 Å². The van der Waals surface area contributed by atoms with Gasteiger partial charge >= 0.3 is 6.03 Å². The lowest BCUT2D eigenvalue weighted by molar-refractivity contribution is 0.230. The summed E-state index contributed by atoms with van der Waals surface area (Å²) in [6.45, 7) is 4.44. The number of rotatable bonds is 8. The van der Waals surface area contributed by atoms with Gasteiger partial charge in [0.1, 0.15) is 5.75 Å². The molecular formula is C21H28N2O4. The number of carbonyl (C=O) groups excluding carboxylic acids is 1. The molecule has 6 nitrogen and oxygen atoms in total. The summed E-state index contributed by atoms with van der Waals surface area (Å²) in [5.41, 5.74) is 1.56. The van der Waals surface area contributed by atoms with E-state index in [-0.39, 0.29) is 6.03 Å². The largest absolute Gasteiger partial charge is 0.497 e. The van der Waals surface area contributed by atoms with Crippen LogP contribution in [0.3, 0.4) is 0 Å². The number of ether oxygens (including phenoxy) is 3. The Hall–Kier alpha value is -2.89. The molecular weight excluding hydrogens is 344 g/mol. The van der Waals surface area contributed by atoms with Gasteiger partial charge in [0.25, 0.3) is 0 Å². The summed E-state index contributed by atoms with van der Waals surface area (Å²) in [6, 6.07) is 13.2. The topological polar surface area (TPSA) is 68.8 Å². The van der Waals surface area contributed by atoms with Crippen LogP contribution in [0.4, 0.5) is 4.79 Å². The maximum Gasteiger partial charge on any atom is 0.315 e. The predicted octanol–water partition coefficient (Wildman–Crippen LogP) is 3.49. The molecule has 0 heterocycles. The molecule has 146 valence electrons. The lowest BCUT2D eigenvalue weighted by Crippen LogP contribution is -2.46. The Morgan fingerprint density at radius 2 is 1.59 bits per heavy atom. The molecule has 0 atom stereocenters. The fourth-order valence-electron chi connectivity index (χ4n) is 2.76. The molecule has 6 heteroatoms. The minimum atomic E-state index is -0.500. The van der Waals surface area contributed by atoms with E-state index in [1.165, 1.54) is 0 Å². The molecule has 2 rings (SSSR count). The van der Waals surface area contributed by atoms with Gasteiger partial charge in [0.05, 0.1) is 26.9 Å². The molecule has 0 spiro atoms. The number of carbonyl (C=O) groups is 1. The summed E-state index contributed by atoms with van der Waals surface area (Å²) in [7, 11) is 4.84. The Morgan fingerprint density at radius 3 is 2.19 bits per heavy atom. The molecule has 0 aliphatic carbocycles. The highest BCUT2D eigenvalue weighted by Gasteiger charge is 2.22. The number of hydrogen-bond donors (Lipinski definition) is 2. The van der Waals surface area contributed by atoms with Crippen molar-refractivity contribution in [2.24, 2.45) is 0 Å². The molecule has 2 aromatic rings. The summed E-state index contributed by atoms with van der Waals surface area (Å²) in [5, 5.41) is 5.90. The van der Waals surface area contributed by atoms with Crippen molar-refractivity contribution in [1.29, 1.82) is 0 Å². The zero-order chi connectivity index (χ0) is 19.9. The molecule has 2 aromatic carbocycles. The maximum atomic E-state index is 12.3. The molecule has 0 radical (unpaired) electrons. The number of methoxy groups -OCH3 is 3. The second kappa shape index (κ2) is 9.16. The quantitative estimate of drug-likeness (QED) is 0.744. The fourth-order valence-corrected chi connectivity index (χ4v) is 2.76. The van der Waals surface area contributed by atoms with Gasteiger partial charge in [-0.2, -0.15) is 0 Å². The molecule has 0 unspecified atom stereocenters. The van der Waals surface area contributed by atoms with Crippen LogP contribution < -0.4 is 24.8 Å². The molecule has 0 saturated heterocycles. The van der Waals surface area contributed by atoms with Gasteiger partial charge in [-0.25, -0.2) is 4.79 Å². The van der Waals surface area contributed by atoms with Crippen molar-refractivity contribution in [3.63, 3.8) is 0 Å². The molecule has 27 heavy (non-hydrogen) atoms. The van der Waals surface area contributed by atoms with Crippen molar-refractivity contribution < 1.29 is 19.0 Å². The second-order valence-electron chi connectivity index (χ2n) is 6.67. The molecule has 0 fully saturated rings. The van der Waals surface area contributed by atoms with Crippen molar-refractivity contribution in [3.05, 3.63) is 53.6 Å². The van der Waals surface area contributed by atoms with E-state index in [1.807, 2.05) is 56.3 Å². The Kier molecular flexibility index (Phi) is 6.93. The van der Waals surface area contributed by atoms with Crippen molar-refractivity contribution in [1.82, 2.24) is 10.6 Å². The highest BCUT2D eigenvalue weighted by Crippen LogP contribution is 2.27. The van der Waals surface area contributed by atoms with E-state index in [1.54, 1.807) is 21.3 Å². The molecule has 2 amide bonds. The zero-order valence-electron chi connectivity index (χ0n) is 16.6. The minimum Gasteiger partial charge on any atom is -0.497 e. The number of nitrogens with one attached hydrogen (secondary N) is 2. The van der Waals surface area contributed by atoms with E-state index in [0.717, 1.165) is 16.9 Å². The van der Waals surface area contributed by atoms with Crippen LogP contribution in [0.1, 0.15) is 25.0 Å². The van der Waals surface area contributed by atoms with E-state index in [9.17, 15) is 4.79 Å². The van der Waals surface area contributed by atoms with Crippen LogP contribution in [0.15, 0.2) is 42.5 Å². The average Bonchev–Trinajstić information content (AvgIpc) is 2.67. The van der Waals surface area contributed by atoms with Crippen molar-refractivity contribution in [3.8, 4) is 17.2 Å². The first kappa shape index (κ1) is 20.4. The number of benzene rings is 2. The van der Waals surface area contributed by atoms with Crippen LogP contribution in [-0.2, 0) is 12.0 Å². The van der Waals surface area contributed by atoms with Crippen molar-refractivity contribution >= 4 is 6.03 Å². The van der Waals surface area contributed by atoms with Crippen LogP contribution in [0.2, 0.25) is 0 Å². The first-order chi connectivity index (χ1) is 12.9. The van der Waals surface area contributed by atoms with E-state index in [0.29, 0.717) is 24.5 Å². The normalized spacial score (nSPS) is 10.9. The lowest BCUT2D eigenvalue weighted by atomic mass is 9.94. The SMILES string of the molecule is COc1ccc(C(C)(C)NC(=O)NCCc2ccc(OC)c(OC)c2)cc1. The van der Waals surface area contributed by atoms with Gasteiger partial charge in [-0.05, 0) is 55.7 Å². The third kappa shape index (κ3) is 5.54. The highest BCUT2D eigenvalue weighted by atomic mass is 16.5. The Labute approximate surface area is 160 Å². The van der Waals surface area contributed by atoms with Crippen LogP contribution in [0.25, 0.3) is 0 Å². The second-order valence-corrected chi connectivity index (χ2v) is 6.67.